The molecule has 1 saturated carbocycles. The summed E-state index contributed by atoms with van der Waals surface area (Å²) in [6.07, 6.45) is 4.68. The lowest BCUT2D eigenvalue weighted by molar-refractivity contribution is 0.0491. The number of hydrogen-bond donors (Lipinski definition) is 2. The fourth-order valence-corrected chi connectivity index (χ4v) is 2.90. The maximum absolute atomic E-state index is 9.48. The summed E-state index contributed by atoms with van der Waals surface area (Å²) >= 11 is 0. The van der Waals surface area contributed by atoms with Crippen molar-refractivity contribution in [2.24, 2.45) is 17.6 Å². The van der Waals surface area contributed by atoms with E-state index >= 15 is 0 Å². The quantitative estimate of drug-likeness (QED) is 0.710. The van der Waals surface area contributed by atoms with E-state index in [-0.39, 0.29) is 12.1 Å². The summed E-state index contributed by atoms with van der Waals surface area (Å²) < 4.78 is 5.37. The number of ether oxygens (including phenoxy) is 1. The van der Waals surface area contributed by atoms with Crippen LogP contribution in [0.2, 0.25) is 0 Å². The highest BCUT2D eigenvalue weighted by atomic mass is 16.5. The SMILES string of the molecule is CN(CC1CCOCC1)CC(N)(CO)C1CC1. The van der Waals surface area contributed by atoms with Crippen molar-refractivity contribution < 1.29 is 9.84 Å². The molecule has 0 aromatic rings. The van der Waals surface area contributed by atoms with Crippen LogP contribution in [0.4, 0.5) is 0 Å². The van der Waals surface area contributed by atoms with Crippen molar-refractivity contribution in [1.29, 1.82) is 0 Å². The third-order valence-electron chi connectivity index (χ3n) is 4.16. The van der Waals surface area contributed by atoms with Gasteiger partial charge in [0.25, 0.3) is 0 Å². The number of aliphatic hydroxyl groups excluding tert-OH is 1. The molecule has 0 amide bonds. The maximum Gasteiger partial charge on any atom is 0.0626 e. The summed E-state index contributed by atoms with van der Waals surface area (Å²) in [7, 11) is 2.12. The van der Waals surface area contributed by atoms with E-state index in [1.54, 1.807) is 0 Å². The molecule has 0 aromatic heterocycles. The molecule has 2 fully saturated rings. The van der Waals surface area contributed by atoms with Gasteiger partial charge in [0.05, 0.1) is 12.1 Å². The Balaban J connectivity index is 1.76. The zero-order chi connectivity index (χ0) is 12.3. The van der Waals surface area contributed by atoms with Crippen LogP contribution in [0.3, 0.4) is 0 Å². The van der Waals surface area contributed by atoms with Gasteiger partial charge in [-0.2, -0.15) is 0 Å². The molecule has 1 aliphatic heterocycles. The van der Waals surface area contributed by atoms with Crippen molar-refractivity contribution in [2.75, 3.05) is 40.0 Å². The molecule has 1 heterocycles. The summed E-state index contributed by atoms with van der Waals surface area (Å²) in [6.45, 7) is 3.79. The second-order valence-electron chi connectivity index (χ2n) is 5.92. The number of hydrogen-bond acceptors (Lipinski definition) is 4. The van der Waals surface area contributed by atoms with Gasteiger partial charge in [0.15, 0.2) is 0 Å². The van der Waals surface area contributed by atoms with Crippen molar-refractivity contribution in [3.63, 3.8) is 0 Å². The van der Waals surface area contributed by atoms with Gasteiger partial charge in [0, 0.05) is 26.3 Å². The van der Waals surface area contributed by atoms with Crippen LogP contribution in [0.25, 0.3) is 0 Å². The Labute approximate surface area is 104 Å². The molecule has 0 bridgehead atoms. The molecule has 1 aliphatic carbocycles. The molecule has 2 rings (SSSR count). The van der Waals surface area contributed by atoms with E-state index in [0.717, 1.165) is 45.1 Å². The lowest BCUT2D eigenvalue weighted by Gasteiger charge is -2.34. The van der Waals surface area contributed by atoms with E-state index in [4.69, 9.17) is 10.5 Å². The van der Waals surface area contributed by atoms with E-state index in [1.165, 1.54) is 12.8 Å². The first-order chi connectivity index (χ1) is 8.14. The number of likely N-dealkylation sites (N-methyl/N-ethyl adjacent to an activating group) is 1. The average molecular weight is 242 g/mol. The van der Waals surface area contributed by atoms with Gasteiger partial charge in [-0.3, -0.25) is 0 Å². The smallest absolute Gasteiger partial charge is 0.0626 e. The fraction of sp³-hybridized carbons (Fsp3) is 1.00. The van der Waals surface area contributed by atoms with Crippen LogP contribution >= 0.6 is 0 Å². The molecule has 2 aliphatic rings. The Bertz CT molecular complexity index is 240. The Kier molecular flexibility index (Phi) is 4.42. The van der Waals surface area contributed by atoms with Crippen molar-refractivity contribution in [3.05, 3.63) is 0 Å². The van der Waals surface area contributed by atoms with Crippen LogP contribution in [0, 0.1) is 11.8 Å². The molecular weight excluding hydrogens is 216 g/mol. The zero-order valence-electron chi connectivity index (χ0n) is 10.9. The molecule has 0 radical (unpaired) electrons. The van der Waals surface area contributed by atoms with Gasteiger partial charge in [-0.1, -0.05) is 0 Å². The van der Waals surface area contributed by atoms with Crippen LogP contribution in [0.1, 0.15) is 25.7 Å². The monoisotopic (exact) mass is 242 g/mol. The predicted molar refractivity (Wildman–Crippen MR) is 67.8 cm³/mol. The highest BCUT2D eigenvalue weighted by Crippen LogP contribution is 2.38. The molecule has 0 aromatic carbocycles. The second-order valence-corrected chi connectivity index (χ2v) is 5.92. The Morgan fingerprint density at radius 2 is 1.94 bits per heavy atom. The Morgan fingerprint density at radius 3 is 2.47 bits per heavy atom. The molecular formula is C13H26N2O2. The number of nitrogens with two attached hydrogens (primary N) is 1. The molecule has 100 valence electrons. The molecule has 3 N–H and O–H groups in total. The van der Waals surface area contributed by atoms with Gasteiger partial charge in [-0.25, -0.2) is 0 Å². The van der Waals surface area contributed by atoms with Crippen LogP contribution in [0.5, 0.6) is 0 Å². The topological polar surface area (TPSA) is 58.7 Å². The van der Waals surface area contributed by atoms with Crippen LogP contribution in [-0.2, 0) is 4.74 Å². The van der Waals surface area contributed by atoms with Gasteiger partial charge in [0.2, 0.25) is 0 Å². The zero-order valence-corrected chi connectivity index (χ0v) is 10.9. The Morgan fingerprint density at radius 1 is 1.29 bits per heavy atom. The van der Waals surface area contributed by atoms with Crippen molar-refractivity contribution >= 4 is 0 Å². The third-order valence-corrected chi connectivity index (χ3v) is 4.16. The standard InChI is InChI=1S/C13H26N2O2/c1-15(8-11-4-6-17-7-5-11)9-13(14,10-16)12-2-3-12/h11-12,16H,2-10,14H2,1H3. The van der Waals surface area contributed by atoms with Gasteiger partial charge in [-0.15, -0.1) is 0 Å². The van der Waals surface area contributed by atoms with E-state index in [0.29, 0.717) is 5.92 Å². The maximum atomic E-state index is 9.48. The van der Waals surface area contributed by atoms with E-state index in [1.807, 2.05) is 0 Å². The van der Waals surface area contributed by atoms with E-state index < -0.39 is 0 Å². The van der Waals surface area contributed by atoms with Gasteiger partial charge >= 0.3 is 0 Å². The first-order valence-electron chi connectivity index (χ1n) is 6.80. The normalized spacial score (nSPS) is 26.1. The lowest BCUT2D eigenvalue weighted by atomic mass is 9.93. The molecule has 0 spiro atoms. The number of rotatable bonds is 6. The minimum Gasteiger partial charge on any atom is -0.394 e. The van der Waals surface area contributed by atoms with Crippen LogP contribution in [-0.4, -0.2) is 55.5 Å². The van der Waals surface area contributed by atoms with Crippen LogP contribution in [0.15, 0.2) is 0 Å². The highest BCUT2D eigenvalue weighted by molar-refractivity contribution is 5.00. The number of aliphatic hydroxyl groups is 1. The summed E-state index contributed by atoms with van der Waals surface area (Å²) in [4.78, 5) is 2.30. The second kappa shape index (κ2) is 5.65. The molecule has 1 unspecified atom stereocenters. The van der Waals surface area contributed by atoms with Gasteiger partial charge in [-0.05, 0) is 44.6 Å². The summed E-state index contributed by atoms with van der Waals surface area (Å²) in [6, 6.07) is 0. The highest BCUT2D eigenvalue weighted by Gasteiger charge is 2.42. The van der Waals surface area contributed by atoms with E-state index in [2.05, 4.69) is 11.9 Å². The van der Waals surface area contributed by atoms with Gasteiger partial charge in [0.1, 0.15) is 0 Å². The Hall–Kier alpha value is -0.160. The fourth-order valence-electron chi connectivity index (χ4n) is 2.90. The minimum atomic E-state index is -0.375. The predicted octanol–water partition coefficient (Wildman–Crippen LogP) is 0.445. The summed E-state index contributed by atoms with van der Waals surface area (Å²) in [5.74, 6) is 1.26. The summed E-state index contributed by atoms with van der Waals surface area (Å²) in [5.41, 5.74) is 5.92. The summed E-state index contributed by atoms with van der Waals surface area (Å²) in [5, 5.41) is 9.48. The van der Waals surface area contributed by atoms with Gasteiger partial charge < -0.3 is 20.5 Å². The van der Waals surface area contributed by atoms with Crippen molar-refractivity contribution in [2.45, 2.75) is 31.2 Å². The molecule has 4 heteroatoms. The average Bonchev–Trinajstić information content (AvgIpc) is 3.14. The third kappa shape index (κ3) is 3.65. The molecule has 1 saturated heterocycles. The molecule has 1 atom stereocenters. The number of nitrogens with zero attached hydrogens (tertiary/aromatic N) is 1. The van der Waals surface area contributed by atoms with Crippen molar-refractivity contribution in [3.8, 4) is 0 Å². The largest absolute Gasteiger partial charge is 0.394 e. The van der Waals surface area contributed by atoms with Crippen molar-refractivity contribution in [1.82, 2.24) is 4.90 Å². The van der Waals surface area contributed by atoms with Crippen LogP contribution < -0.4 is 5.73 Å². The molecule has 4 nitrogen and oxygen atoms in total. The lowest BCUT2D eigenvalue weighted by Crippen LogP contribution is -2.54. The first kappa shape index (κ1) is 13.3. The first-order valence-corrected chi connectivity index (χ1v) is 6.80. The van der Waals surface area contributed by atoms with E-state index in [9.17, 15) is 5.11 Å². The minimum absolute atomic E-state index is 0.107. The molecule has 17 heavy (non-hydrogen) atoms.